The van der Waals surface area contributed by atoms with Gasteiger partial charge in [-0.25, -0.2) is 0 Å². The SMILES string of the molecule is CCCCC/C=C\C/C=C\CCCC(N)=O. The van der Waals surface area contributed by atoms with Gasteiger partial charge in [0.2, 0.25) is 5.91 Å². The summed E-state index contributed by atoms with van der Waals surface area (Å²) in [5, 5.41) is 0. The van der Waals surface area contributed by atoms with E-state index in [1.807, 2.05) is 0 Å². The molecule has 92 valence electrons. The third-order valence-corrected chi connectivity index (χ3v) is 2.37. The summed E-state index contributed by atoms with van der Waals surface area (Å²) in [6, 6.07) is 0. The minimum absolute atomic E-state index is 0.204. The van der Waals surface area contributed by atoms with Crippen molar-refractivity contribution in [1.82, 2.24) is 0 Å². The molecule has 0 unspecified atom stereocenters. The van der Waals surface area contributed by atoms with Crippen molar-refractivity contribution in [1.29, 1.82) is 0 Å². The summed E-state index contributed by atoms with van der Waals surface area (Å²) in [7, 11) is 0. The van der Waals surface area contributed by atoms with E-state index in [1.54, 1.807) is 0 Å². The van der Waals surface area contributed by atoms with Gasteiger partial charge in [0.05, 0.1) is 0 Å². The van der Waals surface area contributed by atoms with Crippen LogP contribution in [0.5, 0.6) is 0 Å². The molecule has 0 saturated carbocycles. The molecule has 2 heteroatoms. The summed E-state index contributed by atoms with van der Waals surface area (Å²) in [4.78, 5) is 10.4. The fraction of sp³-hybridized carbons (Fsp3) is 0.643. The molecule has 0 heterocycles. The highest BCUT2D eigenvalue weighted by molar-refractivity contribution is 5.73. The topological polar surface area (TPSA) is 43.1 Å². The maximum Gasteiger partial charge on any atom is 0.217 e. The zero-order chi connectivity index (χ0) is 12.1. The molecule has 0 aromatic carbocycles. The Morgan fingerprint density at radius 3 is 2.19 bits per heavy atom. The number of carbonyl (C=O) groups is 1. The molecule has 0 aliphatic rings. The van der Waals surface area contributed by atoms with Crippen LogP contribution in [0.3, 0.4) is 0 Å². The van der Waals surface area contributed by atoms with E-state index >= 15 is 0 Å². The highest BCUT2D eigenvalue weighted by atomic mass is 16.1. The predicted molar refractivity (Wildman–Crippen MR) is 70.1 cm³/mol. The van der Waals surface area contributed by atoms with Crippen molar-refractivity contribution < 1.29 is 4.79 Å². The smallest absolute Gasteiger partial charge is 0.217 e. The summed E-state index contributed by atoms with van der Waals surface area (Å²) in [5.41, 5.74) is 5.04. The number of hydrogen-bond donors (Lipinski definition) is 1. The van der Waals surface area contributed by atoms with Crippen molar-refractivity contribution in [2.45, 2.75) is 58.3 Å². The van der Waals surface area contributed by atoms with Gasteiger partial charge in [0.15, 0.2) is 0 Å². The summed E-state index contributed by atoms with van der Waals surface area (Å²) in [5.74, 6) is -0.204. The fourth-order valence-electron chi connectivity index (χ4n) is 1.41. The molecule has 0 aliphatic heterocycles. The van der Waals surface area contributed by atoms with Gasteiger partial charge in [-0.3, -0.25) is 4.79 Å². The summed E-state index contributed by atoms with van der Waals surface area (Å²) < 4.78 is 0. The molecule has 0 rings (SSSR count). The number of primary amides is 1. The molecule has 0 fully saturated rings. The Balaban J connectivity index is 3.23. The van der Waals surface area contributed by atoms with E-state index in [1.165, 1.54) is 25.7 Å². The van der Waals surface area contributed by atoms with E-state index in [4.69, 9.17) is 5.73 Å². The monoisotopic (exact) mass is 223 g/mol. The van der Waals surface area contributed by atoms with Crippen LogP contribution in [-0.4, -0.2) is 5.91 Å². The first kappa shape index (κ1) is 14.9. The molecule has 16 heavy (non-hydrogen) atoms. The Kier molecular flexibility index (Phi) is 11.2. The van der Waals surface area contributed by atoms with Crippen LogP contribution in [0.4, 0.5) is 0 Å². The normalized spacial score (nSPS) is 11.6. The molecule has 0 atom stereocenters. The van der Waals surface area contributed by atoms with Crippen molar-refractivity contribution in [2.75, 3.05) is 0 Å². The van der Waals surface area contributed by atoms with Gasteiger partial charge in [0.1, 0.15) is 0 Å². The Morgan fingerprint density at radius 2 is 1.62 bits per heavy atom. The molecule has 2 N–H and O–H groups in total. The summed E-state index contributed by atoms with van der Waals surface area (Å²) in [6.45, 7) is 2.22. The van der Waals surface area contributed by atoms with E-state index in [2.05, 4.69) is 31.2 Å². The van der Waals surface area contributed by atoms with Crippen molar-refractivity contribution in [3.8, 4) is 0 Å². The lowest BCUT2D eigenvalue weighted by atomic mass is 10.2. The minimum atomic E-state index is -0.204. The fourth-order valence-corrected chi connectivity index (χ4v) is 1.41. The lowest BCUT2D eigenvalue weighted by molar-refractivity contribution is -0.118. The van der Waals surface area contributed by atoms with Gasteiger partial charge in [0, 0.05) is 6.42 Å². The first-order valence-electron chi connectivity index (χ1n) is 6.35. The third kappa shape index (κ3) is 12.9. The zero-order valence-electron chi connectivity index (χ0n) is 10.5. The second-order valence-corrected chi connectivity index (χ2v) is 4.03. The first-order chi connectivity index (χ1) is 7.77. The zero-order valence-corrected chi connectivity index (χ0v) is 10.5. The van der Waals surface area contributed by atoms with E-state index in [0.29, 0.717) is 6.42 Å². The highest BCUT2D eigenvalue weighted by Gasteiger charge is 1.90. The number of allylic oxidation sites excluding steroid dienone is 4. The van der Waals surface area contributed by atoms with E-state index in [-0.39, 0.29) is 5.91 Å². The maximum absolute atomic E-state index is 10.4. The molecule has 0 radical (unpaired) electrons. The quantitative estimate of drug-likeness (QED) is 0.445. The van der Waals surface area contributed by atoms with Crippen molar-refractivity contribution in [3.63, 3.8) is 0 Å². The first-order valence-corrected chi connectivity index (χ1v) is 6.35. The Hall–Kier alpha value is -1.05. The molecule has 0 saturated heterocycles. The lowest BCUT2D eigenvalue weighted by Crippen LogP contribution is -2.09. The van der Waals surface area contributed by atoms with E-state index < -0.39 is 0 Å². The summed E-state index contributed by atoms with van der Waals surface area (Å²) in [6.07, 6.45) is 17.2. The van der Waals surface area contributed by atoms with Crippen molar-refractivity contribution in [2.24, 2.45) is 5.73 Å². The van der Waals surface area contributed by atoms with Crippen molar-refractivity contribution >= 4 is 5.91 Å². The molecule has 1 amide bonds. The Morgan fingerprint density at radius 1 is 1.00 bits per heavy atom. The highest BCUT2D eigenvalue weighted by Crippen LogP contribution is 2.01. The molecule has 0 aromatic rings. The molecule has 0 aliphatic carbocycles. The summed E-state index contributed by atoms with van der Waals surface area (Å²) >= 11 is 0. The Labute approximate surface area is 99.6 Å². The van der Waals surface area contributed by atoms with Crippen LogP contribution in [0.1, 0.15) is 58.3 Å². The molecule has 2 nitrogen and oxygen atoms in total. The van der Waals surface area contributed by atoms with Gasteiger partial charge in [-0.05, 0) is 32.1 Å². The number of amides is 1. The molecular formula is C14H25NO. The van der Waals surface area contributed by atoms with Gasteiger partial charge in [0.25, 0.3) is 0 Å². The largest absolute Gasteiger partial charge is 0.370 e. The van der Waals surface area contributed by atoms with Gasteiger partial charge >= 0.3 is 0 Å². The van der Waals surface area contributed by atoms with Crippen LogP contribution in [0.2, 0.25) is 0 Å². The average molecular weight is 223 g/mol. The standard InChI is InChI=1S/C14H25NO/c1-2-3-4-5-6-7-8-9-10-11-12-13-14(15)16/h6-7,9-10H,2-5,8,11-13H2,1H3,(H2,15,16)/b7-6-,10-9-. The predicted octanol–water partition coefficient (Wildman–Crippen LogP) is 3.72. The van der Waals surface area contributed by atoms with E-state index in [9.17, 15) is 4.79 Å². The van der Waals surface area contributed by atoms with Gasteiger partial charge in [-0.15, -0.1) is 0 Å². The van der Waals surface area contributed by atoms with Gasteiger partial charge in [-0.2, -0.15) is 0 Å². The number of carbonyl (C=O) groups excluding carboxylic acids is 1. The number of hydrogen-bond acceptors (Lipinski definition) is 1. The maximum atomic E-state index is 10.4. The second kappa shape index (κ2) is 12.0. The lowest BCUT2D eigenvalue weighted by Gasteiger charge is -1.92. The Bertz CT molecular complexity index is 219. The molecule has 0 spiro atoms. The van der Waals surface area contributed by atoms with Gasteiger partial charge < -0.3 is 5.73 Å². The third-order valence-electron chi connectivity index (χ3n) is 2.37. The van der Waals surface area contributed by atoms with Crippen molar-refractivity contribution in [3.05, 3.63) is 24.3 Å². The van der Waals surface area contributed by atoms with Crippen LogP contribution < -0.4 is 5.73 Å². The van der Waals surface area contributed by atoms with Crippen LogP contribution in [0, 0.1) is 0 Å². The van der Waals surface area contributed by atoms with Crippen LogP contribution >= 0.6 is 0 Å². The number of nitrogens with two attached hydrogens (primary N) is 1. The van der Waals surface area contributed by atoms with Crippen LogP contribution in [-0.2, 0) is 4.79 Å². The van der Waals surface area contributed by atoms with E-state index in [0.717, 1.165) is 19.3 Å². The second-order valence-electron chi connectivity index (χ2n) is 4.03. The van der Waals surface area contributed by atoms with Crippen LogP contribution in [0.25, 0.3) is 0 Å². The number of unbranched alkanes of at least 4 members (excludes halogenated alkanes) is 4. The molecule has 0 bridgehead atoms. The molecule has 0 aromatic heterocycles. The molecular weight excluding hydrogens is 198 g/mol. The minimum Gasteiger partial charge on any atom is -0.370 e. The van der Waals surface area contributed by atoms with Crippen LogP contribution in [0.15, 0.2) is 24.3 Å². The average Bonchev–Trinajstić information content (AvgIpc) is 2.25. The number of rotatable bonds is 10. The van der Waals surface area contributed by atoms with Gasteiger partial charge in [-0.1, -0.05) is 44.1 Å².